The van der Waals surface area contributed by atoms with Crippen LogP contribution in [-0.2, 0) is 19.3 Å². The van der Waals surface area contributed by atoms with Gasteiger partial charge in [-0.15, -0.1) is 0 Å². The molecule has 0 fully saturated rings. The molecule has 0 saturated carbocycles. The lowest BCUT2D eigenvalue weighted by atomic mass is 10.1. The van der Waals surface area contributed by atoms with E-state index in [0.29, 0.717) is 39.6 Å². The maximum absolute atomic E-state index is 13.3. The highest BCUT2D eigenvalue weighted by Crippen LogP contribution is 2.29. The van der Waals surface area contributed by atoms with Crippen molar-refractivity contribution in [3.63, 3.8) is 0 Å². The van der Waals surface area contributed by atoms with E-state index in [9.17, 15) is 8.42 Å². The highest BCUT2D eigenvalue weighted by atomic mass is 32.2. The standard InChI is InChI=1S/C36H38O6S/c1-27(2)25-39-21-23-41-33-13-5-29(6-14-33)31-9-17-35(18-10-31)43(37,38)36-19-11-32(12-20-36)30-7-15-34(16-8-30)42-24-22-40-26-28(3)4/h5-20H,1,3,21-26H2,2,4H3. The molecule has 0 amide bonds. The van der Waals surface area contributed by atoms with Crippen molar-refractivity contribution < 1.29 is 27.4 Å². The Labute approximate surface area is 255 Å². The summed E-state index contributed by atoms with van der Waals surface area (Å²) in [5.74, 6) is 1.49. The van der Waals surface area contributed by atoms with Crippen LogP contribution in [0.15, 0.2) is 131 Å². The molecular formula is C36H38O6S. The smallest absolute Gasteiger partial charge is 0.206 e. The topological polar surface area (TPSA) is 71.1 Å². The van der Waals surface area contributed by atoms with Crippen molar-refractivity contribution in [2.45, 2.75) is 23.6 Å². The van der Waals surface area contributed by atoms with Gasteiger partial charge in [0.25, 0.3) is 0 Å². The third-order valence-electron chi connectivity index (χ3n) is 6.39. The summed E-state index contributed by atoms with van der Waals surface area (Å²) in [6.45, 7) is 14.4. The van der Waals surface area contributed by atoms with Gasteiger partial charge in [0, 0.05) is 0 Å². The van der Waals surface area contributed by atoms with Gasteiger partial charge in [0.2, 0.25) is 9.84 Å². The van der Waals surface area contributed by atoms with Crippen LogP contribution < -0.4 is 9.47 Å². The summed E-state index contributed by atoms with van der Waals surface area (Å²) >= 11 is 0. The highest BCUT2D eigenvalue weighted by Gasteiger charge is 2.18. The molecule has 0 unspecified atom stereocenters. The summed E-state index contributed by atoms with van der Waals surface area (Å²) in [6.07, 6.45) is 0. The summed E-state index contributed by atoms with van der Waals surface area (Å²) in [6, 6.07) is 29.2. The van der Waals surface area contributed by atoms with Gasteiger partial charge in [-0.1, -0.05) is 72.8 Å². The second-order valence-corrected chi connectivity index (χ2v) is 12.3. The first kappa shape index (κ1) is 31.8. The summed E-state index contributed by atoms with van der Waals surface area (Å²) < 4.78 is 49.0. The van der Waals surface area contributed by atoms with Gasteiger partial charge in [-0.3, -0.25) is 0 Å². The van der Waals surface area contributed by atoms with Crippen molar-refractivity contribution in [1.29, 1.82) is 0 Å². The Bertz CT molecular complexity index is 1470. The van der Waals surface area contributed by atoms with E-state index in [2.05, 4.69) is 13.2 Å². The Morgan fingerprint density at radius 3 is 1.12 bits per heavy atom. The van der Waals surface area contributed by atoms with Gasteiger partial charge >= 0.3 is 0 Å². The molecular weight excluding hydrogens is 560 g/mol. The Hall–Kier alpha value is -4.17. The number of rotatable bonds is 16. The average molecular weight is 599 g/mol. The second-order valence-electron chi connectivity index (χ2n) is 10.3. The van der Waals surface area contributed by atoms with Gasteiger partial charge in [0.15, 0.2) is 0 Å². The van der Waals surface area contributed by atoms with E-state index >= 15 is 0 Å². The molecule has 4 rings (SSSR count). The van der Waals surface area contributed by atoms with Crippen LogP contribution in [-0.4, -0.2) is 48.1 Å². The fourth-order valence-electron chi connectivity index (χ4n) is 4.21. The lowest BCUT2D eigenvalue weighted by molar-refractivity contribution is 0.117. The van der Waals surface area contributed by atoms with Crippen LogP contribution in [0.5, 0.6) is 11.5 Å². The Morgan fingerprint density at radius 1 is 0.512 bits per heavy atom. The van der Waals surface area contributed by atoms with Crippen molar-refractivity contribution in [2.75, 3.05) is 39.6 Å². The number of hydrogen-bond donors (Lipinski definition) is 0. The van der Waals surface area contributed by atoms with Crippen molar-refractivity contribution in [3.8, 4) is 33.8 Å². The zero-order valence-electron chi connectivity index (χ0n) is 24.8. The fraction of sp³-hybridized carbons (Fsp3) is 0.222. The van der Waals surface area contributed by atoms with Crippen LogP contribution in [0.25, 0.3) is 22.3 Å². The third-order valence-corrected chi connectivity index (χ3v) is 8.18. The molecule has 0 N–H and O–H groups in total. The van der Waals surface area contributed by atoms with Gasteiger partial charge < -0.3 is 18.9 Å². The van der Waals surface area contributed by atoms with Crippen molar-refractivity contribution in [3.05, 3.63) is 121 Å². The van der Waals surface area contributed by atoms with Gasteiger partial charge in [-0.25, -0.2) is 8.42 Å². The van der Waals surface area contributed by atoms with Gasteiger partial charge in [0.1, 0.15) is 24.7 Å². The van der Waals surface area contributed by atoms with E-state index in [-0.39, 0.29) is 9.79 Å². The average Bonchev–Trinajstić information content (AvgIpc) is 3.01. The Balaban J connectivity index is 1.33. The molecule has 0 heterocycles. The van der Waals surface area contributed by atoms with E-state index < -0.39 is 9.84 Å². The zero-order valence-corrected chi connectivity index (χ0v) is 25.6. The normalized spacial score (nSPS) is 11.2. The molecule has 0 aliphatic rings. The van der Waals surface area contributed by atoms with E-state index in [1.165, 1.54) is 0 Å². The van der Waals surface area contributed by atoms with Gasteiger partial charge in [-0.05, 0) is 84.6 Å². The molecule has 0 aromatic heterocycles. The minimum absolute atomic E-state index is 0.243. The molecule has 0 saturated heterocycles. The van der Waals surface area contributed by atoms with Crippen LogP contribution in [0, 0.1) is 0 Å². The number of ether oxygens (including phenoxy) is 4. The van der Waals surface area contributed by atoms with Crippen LogP contribution in [0.1, 0.15) is 13.8 Å². The number of sulfone groups is 1. The molecule has 4 aromatic carbocycles. The van der Waals surface area contributed by atoms with E-state index in [0.717, 1.165) is 44.9 Å². The Morgan fingerprint density at radius 2 is 0.814 bits per heavy atom. The van der Waals surface area contributed by atoms with E-state index in [4.69, 9.17) is 18.9 Å². The van der Waals surface area contributed by atoms with Crippen LogP contribution in [0.4, 0.5) is 0 Å². The zero-order chi connectivity index (χ0) is 30.7. The molecule has 0 aliphatic carbocycles. The molecule has 0 spiro atoms. The van der Waals surface area contributed by atoms with Crippen molar-refractivity contribution in [1.82, 2.24) is 0 Å². The lowest BCUT2D eigenvalue weighted by Crippen LogP contribution is -2.07. The van der Waals surface area contributed by atoms with E-state index in [1.807, 2.05) is 86.6 Å². The Kier molecular flexibility index (Phi) is 11.3. The molecule has 4 aromatic rings. The molecule has 6 nitrogen and oxygen atoms in total. The molecule has 43 heavy (non-hydrogen) atoms. The largest absolute Gasteiger partial charge is 0.491 e. The fourth-order valence-corrected chi connectivity index (χ4v) is 5.47. The summed E-state index contributed by atoms with van der Waals surface area (Å²) in [4.78, 5) is 0.486. The summed E-state index contributed by atoms with van der Waals surface area (Å²) in [5, 5.41) is 0. The van der Waals surface area contributed by atoms with Gasteiger partial charge in [0.05, 0.1) is 36.2 Å². The van der Waals surface area contributed by atoms with Crippen LogP contribution >= 0.6 is 0 Å². The minimum atomic E-state index is -3.67. The molecule has 0 radical (unpaired) electrons. The predicted octanol–water partition coefficient (Wildman–Crippen LogP) is 7.80. The first-order chi connectivity index (χ1) is 20.7. The lowest BCUT2D eigenvalue weighted by Gasteiger charge is -2.10. The third kappa shape index (κ3) is 9.41. The van der Waals surface area contributed by atoms with Crippen molar-refractivity contribution in [2.24, 2.45) is 0 Å². The molecule has 0 bridgehead atoms. The van der Waals surface area contributed by atoms with Crippen LogP contribution in [0.3, 0.4) is 0 Å². The first-order valence-electron chi connectivity index (χ1n) is 14.1. The quantitative estimate of drug-likeness (QED) is 0.0968. The SMILES string of the molecule is C=C(C)COCCOc1ccc(-c2ccc(S(=O)(=O)c3ccc(-c4ccc(OCCOCC(=C)C)cc4)cc3)cc2)cc1. The summed E-state index contributed by atoms with van der Waals surface area (Å²) in [7, 11) is -3.67. The maximum Gasteiger partial charge on any atom is 0.206 e. The highest BCUT2D eigenvalue weighted by molar-refractivity contribution is 7.91. The molecule has 224 valence electrons. The van der Waals surface area contributed by atoms with Crippen molar-refractivity contribution >= 4 is 9.84 Å². The molecule has 0 atom stereocenters. The molecule has 0 aliphatic heterocycles. The maximum atomic E-state index is 13.3. The number of benzene rings is 4. The monoisotopic (exact) mass is 598 g/mol. The minimum Gasteiger partial charge on any atom is -0.491 e. The predicted molar refractivity (Wildman–Crippen MR) is 171 cm³/mol. The summed E-state index contributed by atoms with van der Waals surface area (Å²) in [5.41, 5.74) is 5.71. The molecule has 7 heteroatoms. The van der Waals surface area contributed by atoms with Gasteiger partial charge in [-0.2, -0.15) is 0 Å². The van der Waals surface area contributed by atoms with E-state index in [1.54, 1.807) is 24.3 Å². The van der Waals surface area contributed by atoms with Crippen LogP contribution in [0.2, 0.25) is 0 Å². The first-order valence-corrected chi connectivity index (χ1v) is 15.6. The second kappa shape index (κ2) is 15.3. The number of hydrogen-bond acceptors (Lipinski definition) is 6.